The number of hydrogen-bond acceptors (Lipinski definition) is 5. The fourth-order valence-corrected chi connectivity index (χ4v) is 3.36. The minimum atomic E-state index is -0.568. The largest absolute Gasteiger partial charge is 0.444 e. The molecule has 2 heterocycles. The van der Waals surface area contributed by atoms with Gasteiger partial charge in [-0.3, -0.25) is 4.90 Å². The fourth-order valence-electron chi connectivity index (χ4n) is 3.16. The number of aryl methyl sites for hydroxylation is 1. The number of nitrogens with zero attached hydrogens (tertiary/aromatic N) is 2. The third-order valence-corrected chi connectivity index (χ3v) is 4.94. The molecule has 2 aliphatic heterocycles. The predicted molar refractivity (Wildman–Crippen MR) is 108 cm³/mol. The Morgan fingerprint density at radius 2 is 2.11 bits per heavy atom. The van der Waals surface area contributed by atoms with E-state index in [4.69, 9.17) is 21.7 Å². The number of nitrogens with one attached hydrogen (secondary N) is 1. The Labute approximate surface area is 164 Å². The third-order valence-electron chi connectivity index (χ3n) is 4.47. The summed E-state index contributed by atoms with van der Waals surface area (Å²) in [7, 11) is 1.96. The summed E-state index contributed by atoms with van der Waals surface area (Å²) in [5, 5.41) is 2.65. The standard InChI is InChI=1S/C19H25N3O4S/c1-19(2,3)26-17(23)20-10-14-11-22(18(24)25-14)13-6-7-15-12(9-13)5-8-16(27)21(15)4/h6-7,9,14H,5,8,10-11H2,1-4H3,(H,20,23). The van der Waals surface area contributed by atoms with Crippen LogP contribution in [0.1, 0.15) is 32.8 Å². The molecule has 1 atom stereocenters. The number of ether oxygens (including phenoxy) is 2. The van der Waals surface area contributed by atoms with Crippen LogP contribution in [0, 0.1) is 0 Å². The van der Waals surface area contributed by atoms with Crippen LogP contribution in [0.15, 0.2) is 18.2 Å². The lowest BCUT2D eigenvalue weighted by Gasteiger charge is -2.29. The van der Waals surface area contributed by atoms with E-state index in [1.54, 1.807) is 25.7 Å². The van der Waals surface area contributed by atoms with Gasteiger partial charge in [0.05, 0.1) is 18.1 Å². The maximum Gasteiger partial charge on any atom is 0.414 e. The molecule has 1 aromatic carbocycles. The first-order chi connectivity index (χ1) is 12.6. The first-order valence-electron chi connectivity index (χ1n) is 8.98. The molecule has 8 heteroatoms. The molecule has 0 saturated carbocycles. The Bertz CT molecular complexity index is 775. The van der Waals surface area contributed by atoms with Crippen LogP contribution in [0.2, 0.25) is 0 Å². The highest BCUT2D eigenvalue weighted by atomic mass is 32.1. The second-order valence-corrected chi connectivity index (χ2v) is 8.24. The van der Waals surface area contributed by atoms with Crippen molar-refractivity contribution in [3.63, 3.8) is 0 Å². The molecular weight excluding hydrogens is 366 g/mol. The van der Waals surface area contributed by atoms with Gasteiger partial charge in [0, 0.05) is 24.8 Å². The van der Waals surface area contributed by atoms with Crippen molar-refractivity contribution in [2.24, 2.45) is 0 Å². The van der Waals surface area contributed by atoms with Crippen LogP contribution in [-0.2, 0) is 15.9 Å². The Balaban J connectivity index is 1.63. The summed E-state index contributed by atoms with van der Waals surface area (Å²) in [6.07, 6.45) is 0.334. The third kappa shape index (κ3) is 4.50. The van der Waals surface area contributed by atoms with E-state index in [0.29, 0.717) is 6.54 Å². The maximum atomic E-state index is 12.3. The molecular formula is C19H25N3O4S. The molecule has 146 valence electrons. The van der Waals surface area contributed by atoms with Crippen LogP contribution in [0.5, 0.6) is 0 Å². The van der Waals surface area contributed by atoms with Crippen molar-refractivity contribution in [3.05, 3.63) is 23.8 Å². The van der Waals surface area contributed by atoms with E-state index in [2.05, 4.69) is 5.32 Å². The van der Waals surface area contributed by atoms with E-state index in [0.717, 1.165) is 34.8 Å². The van der Waals surface area contributed by atoms with E-state index in [1.165, 1.54) is 0 Å². The van der Waals surface area contributed by atoms with Crippen molar-refractivity contribution < 1.29 is 19.1 Å². The average Bonchev–Trinajstić information content (AvgIpc) is 2.95. The zero-order valence-corrected chi connectivity index (χ0v) is 16.9. The molecule has 0 aromatic heterocycles. The number of anilines is 2. The number of hydrogen-bond donors (Lipinski definition) is 1. The molecule has 7 nitrogen and oxygen atoms in total. The maximum absolute atomic E-state index is 12.3. The van der Waals surface area contributed by atoms with Crippen LogP contribution in [0.3, 0.4) is 0 Å². The van der Waals surface area contributed by atoms with Gasteiger partial charge in [-0.25, -0.2) is 9.59 Å². The average molecular weight is 391 g/mol. The molecule has 3 rings (SSSR count). The molecule has 0 radical (unpaired) electrons. The van der Waals surface area contributed by atoms with Gasteiger partial charge in [-0.15, -0.1) is 0 Å². The van der Waals surface area contributed by atoms with Crippen molar-refractivity contribution in [1.29, 1.82) is 0 Å². The molecule has 1 aromatic rings. The smallest absolute Gasteiger partial charge is 0.414 e. The Morgan fingerprint density at radius 3 is 2.81 bits per heavy atom. The molecule has 1 saturated heterocycles. The van der Waals surface area contributed by atoms with E-state index in [-0.39, 0.29) is 6.54 Å². The number of alkyl carbamates (subject to hydrolysis) is 1. The van der Waals surface area contributed by atoms with Gasteiger partial charge in [0.15, 0.2) is 0 Å². The van der Waals surface area contributed by atoms with Gasteiger partial charge in [0.25, 0.3) is 0 Å². The SMILES string of the molecule is CN1C(=S)CCc2cc(N3CC(CNC(=O)OC(C)(C)C)OC3=O)ccc21. The van der Waals surface area contributed by atoms with Gasteiger partial charge < -0.3 is 19.7 Å². The number of benzene rings is 1. The zero-order valence-electron chi connectivity index (χ0n) is 16.1. The Kier molecular flexibility index (Phi) is 5.28. The molecule has 2 amide bonds. The molecule has 1 unspecified atom stereocenters. The second kappa shape index (κ2) is 7.34. The highest BCUT2D eigenvalue weighted by Crippen LogP contribution is 2.32. The quantitative estimate of drug-likeness (QED) is 0.798. The normalized spacial score (nSPS) is 19.6. The summed E-state index contributed by atoms with van der Waals surface area (Å²) in [5.74, 6) is 0. The van der Waals surface area contributed by atoms with Crippen LogP contribution >= 0.6 is 12.2 Å². The topological polar surface area (TPSA) is 71.1 Å². The van der Waals surface area contributed by atoms with Gasteiger partial charge in [-0.1, -0.05) is 12.2 Å². The van der Waals surface area contributed by atoms with Gasteiger partial charge in [-0.05, 0) is 51.0 Å². The summed E-state index contributed by atoms with van der Waals surface area (Å²) in [6, 6.07) is 5.89. The number of amides is 2. The molecule has 0 aliphatic carbocycles. The fraction of sp³-hybridized carbons (Fsp3) is 0.526. The lowest BCUT2D eigenvalue weighted by molar-refractivity contribution is 0.0496. The Morgan fingerprint density at radius 1 is 1.37 bits per heavy atom. The minimum absolute atomic E-state index is 0.207. The van der Waals surface area contributed by atoms with E-state index in [1.807, 2.05) is 30.1 Å². The summed E-state index contributed by atoms with van der Waals surface area (Å²) in [4.78, 5) is 28.6. The minimum Gasteiger partial charge on any atom is -0.444 e. The lowest BCUT2D eigenvalue weighted by atomic mass is 10.0. The van der Waals surface area contributed by atoms with Gasteiger partial charge in [-0.2, -0.15) is 0 Å². The summed E-state index contributed by atoms with van der Waals surface area (Å²) < 4.78 is 10.6. The van der Waals surface area contributed by atoms with Crippen molar-refractivity contribution >= 4 is 40.8 Å². The van der Waals surface area contributed by atoms with E-state index < -0.39 is 23.9 Å². The number of rotatable bonds is 3. The van der Waals surface area contributed by atoms with Crippen molar-refractivity contribution in [2.75, 3.05) is 29.9 Å². The Hall–Kier alpha value is -2.35. The molecule has 1 fully saturated rings. The first-order valence-corrected chi connectivity index (χ1v) is 9.39. The second-order valence-electron chi connectivity index (χ2n) is 7.76. The summed E-state index contributed by atoms with van der Waals surface area (Å²) >= 11 is 5.36. The number of fused-ring (bicyclic) bond motifs is 1. The van der Waals surface area contributed by atoms with Gasteiger partial charge in [0.1, 0.15) is 11.7 Å². The summed E-state index contributed by atoms with van der Waals surface area (Å²) in [5.41, 5.74) is 2.46. The van der Waals surface area contributed by atoms with Crippen LogP contribution < -0.4 is 15.1 Å². The predicted octanol–water partition coefficient (Wildman–Crippen LogP) is 3.25. The highest BCUT2D eigenvalue weighted by Gasteiger charge is 2.33. The zero-order chi connectivity index (χ0) is 19.8. The van der Waals surface area contributed by atoms with E-state index >= 15 is 0 Å². The van der Waals surface area contributed by atoms with Gasteiger partial charge in [0.2, 0.25) is 0 Å². The number of cyclic esters (lactones) is 1. The van der Waals surface area contributed by atoms with Crippen molar-refractivity contribution in [2.45, 2.75) is 45.3 Å². The van der Waals surface area contributed by atoms with Crippen LogP contribution in [0.4, 0.5) is 21.0 Å². The van der Waals surface area contributed by atoms with Gasteiger partial charge >= 0.3 is 12.2 Å². The number of carbonyl (C=O) groups excluding carboxylic acids is 2. The number of thiocarbonyl (C=S) groups is 1. The van der Waals surface area contributed by atoms with Crippen molar-refractivity contribution in [1.82, 2.24) is 5.32 Å². The molecule has 0 spiro atoms. The monoisotopic (exact) mass is 391 g/mol. The summed E-state index contributed by atoms with van der Waals surface area (Å²) in [6.45, 7) is 5.97. The molecule has 1 N–H and O–H groups in total. The first kappa shape index (κ1) is 19.4. The molecule has 27 heavy (non-hydrogen) atoms. The van der Waals surface area contributed by atoms with Crippen molar-refractivity contribution in [3.8, 4) is 0 Å². The molecule has 0 bridgehead atoms. The van der Waals surface area contributed by atoms with Crippen LogP contribution in [0.25, 0.3) is 0 Å². The lowest BCUT2D eigenvalue weighted by Crippen LogP contribution is -2.38. The van der Waals surface area contributed by atoms with Crippen LogP contribution in [-0.4, -0.2) is 49.0 Å². The highest BCUT2D eigenvalue weighted by molar-refractivity contribution is 7.80. The molecule has 2 aliphatic rings. The van der Waals surface area contributed by atoms with E-state index in [9.17, 15) is 9.59 Å². The number of carbonyl (C=O) groups is 2.